The Hall–Kier alpha value is -1.90. The van der Waals surface area contributed by atoms with Crippen molar-refractivity contribution < 1.29 is 4.42 Å². The van der Waals surface area contributed by atoms with Crippen LogP contribution in [0.5, 0.6) is 0 Å². The van der Waals surface area contributed by atoms with Crippen molar-refractivity contribution >= 4 is 21.9 Å². The third-order valence-electron chi connectivity index (χ3n) is 2.30. The quantitative estimate of drug-likeness (QED) is 0.539. The molecule has 3 heterocycles. The van der Waals surface area contributed by atoms with Crippen LogP contribution < -0.4 is 0 Å². The predicted octanol–water partition coefficient (Wildman–Crippen LogP) is 2.68. The van der Waals surface area contributed by atoms with Crippen LogP contribution in [-0.4, -0.2) is 9.97 Å². The molecule has 0 saturated heterocycles. The highest BCUT2D eigenvalue weighted by Gasteiger charge is 2.06. The molecular weight excluding hydrogens is 176 g/mol. The van der Waals surface area contributed by atoms with Crippen molar-refractivity contribution in [3.05, 3.63) is 36.4 Å². The van der Waals surface area contributed by atoms with Gasteiger partial charge in [0.15, 0.2) is 5.58 Å². The summed E-state index contributed by atoms with van der Waals surface area (Å²) in [4.78, 5) is 8.27. The first-order chi connectivity index (χ1) is 6.84. The zero-order chi connectivity index (χ0) is 9.54. The zero-order valence-corrected chi connectivity index (χ0v) is 7.69. The van der Waals surface area contributed by atoms with Crippen LogP contribution in [0.15, 0.2) is 35.1 Å². The van der Waals surface area contributed by atoms with Crippen LogP contribution in [0.4, 0.5) is 0 Å². The minimum Gasteiger partial charge on any atom is -0.454 e. The molecule has 0 atom stereocenters. The fourth-order valence-corrected chi connectivity index (χ4v) is 1.63. The molecule has 3 rings (SSSR count). The van der Waals surface area contributed by atoms with Gasteiger partial charge in [-0.05, 0) is 19.1 Å². The van der Waals surface area contributed by atoms with Crippen molar-refractivity contribution in [3.8, 4) is 0 Å². The van der Waals surface area contributed by atoms with Gasteiger partial charge in [-0.1, -0.05) is 0 Å². The lowest BCUT2D eigenvalue weighted by Gasteiger charge is -1.90. The van der Waals surface area contributed by atoms with E-state index >= 15 is 0 Å². The molecule has 0 fully saturated rings. The second kappa shape index (κ2) is 2.54. The molecule has 0 aliphatic carbocycles. The minimum absolute atomic E-state index is 0.818. The van der Waals surface area contributed by atoms with Gasteiger partial charge in [0.25, 0.3) is 0 Å². The van der Waals surface area contributed by atoms with E-state index in [1.54, 1.807) is 12.4 Å². The van der Waals surface area contributed by atoms with Gasteiger partial charge in [-0.15, -0.1) is 0 Å². The van der Waals surface area contributed by atoms with E-state index in [4.69, 9.17) is 4.42 Å². The Morgan fingerprint density at radius 2 is 2.07 bits per heavy atom. The maximum atomic E-state index is 5.60. The van der Waals surface area contributed by atoms with Crippen LogP contribution in [-0.2, 0) is 0 Å². The van der Waals surface area contributed by atoms with E-state index in [2.05, 4.69) is 9.97 Å². The number of aromatic nitrogens is 2. The molecule has 0 N–H and O–H groups in total. The molecule has 3 heteroatoms. The minimum atomic E-state index is 0.818. The first-order valence-corrected chi connectivity index (χ1v) is 4.43. The average molecular weight is 184 g/mol. The van der Waals surface area contributed by atoms with E-state index in [1.165, 1.54) is 0 Å². The molecule has 0 bridgehead atoms. The monoisotopic (exact) mass is 184 g/mol. The number of pyridine rings is 2. The highest BCUT2D eigenvalue weighted by Crippen LogP contribution is 2.27. The summed E-state index contributed by atoms with van der Waals surface area (Å²) in [6.45, 7) is 1.97. The van der Waals surface area contributed by atoms with Gasteiger partial charge in [-0.3, -0.25) is 9.97 Å². The van der Waals surface area contributed by atoms with Gasteiger partial charge in [0.1, 0.15) is 5.58 Å². The standard InChI is InChI=1S/C11H8N2O/c1-7-4-8-9-5-12-3-2-10(9)14-11(8)6-13-7/h2-6H,1H3. The molecule has 3 nitrogen and oxygen atoms in total. The second-order valence-corrected chi connectivity index (χ2v) is 3.30. The van der Waals surface area contributed by atoms with Crippen LogP contribution in [0.3, 0.4) is 0 Å². The summed E-state index contributed by atoms with van der Waals surface area (Å²) >= 11 is 0. The molecular formula is C11H8N2O. The van der Waals surface area contributed by atoms with Gasteiger partial charge in [0.05, 0.1) is 6.20 Å². The van der Waals surface area contributed by atoms with Gasteiger partial charge in [0.2, 0.25) is 0 Å². The number of rotatable bonds is 0. The Bertz CT molecular complexity index is 613. The van der Waals surface area contributed by atoms with Crippen molar-refractivity contribution in [3.63, 3.8) is 0 Å². The van der Waals surface area contributed by atoms with E-state index in [-0.39, 0.29) is 0 Å². The molecule has 68 valence electrons. The number of hydrogen-bond donors (Lipinski definition) is 0. The van der Waals surface area contributed by atoms with Crippen LogP contribution in [0.1, 0.15) is 5.69 Å². The Labute approximate surface area is 80.4 Å². The molecule has 0 aromatic carbocycles. The fourth-order valence-electron chi connectivity index (χ4n) is 1.63. The molecule has 0 amide bonds. The number of fused-ring (bicyclic) bond motifs is 3. The van der Waals surface area contributed by atoms with Gasteiger partial charge in [-0.25, -0.2) is 0 Å². The summed E-state index contributed by atoms with van der Waals surface area (Å²) in [6.07, 6.45) is 5.30. The third kappa shape index (κ3) is 0.923. The number of hydrogen-bond acceptors (Lipinski definition) is 3. The van der Waals surface area contributed by atoms with Gasteiger partial charge >= 0.3 is 0 Å². The lowest BCUT2D eigenvalue weighted by Crippen LogP contribution is -1.77. The molecule has 0 radical (unpaired) electrons. The third-order valence-corrected chi connectivity index (χ3v) is 2.30. The number of aryl methyl sites for hydroxylation is 1. The van der Waals surface area contributed by atoms with E-state index in [9.17, 15) is 0 Å². The Morgan fingerprint density at radius 1 is 1.14 bits per heavy atom. The summed E-state index contributed by atoms with van der Waals surface area (Å²) < 4.78 is 5.60. The summed E-state index contributed by atoms with van der Waals surface area (Å²) in [6, 6.07) is 3.88. The van der Waals surface area contributed by atoms with Crippen molar-refractivity contribution in [2.75, 3.05) is 0 Å². The van der Waals surface area contributed by atoms with Crippen LogP contribution in [0, 0.1) is 6.92 Å². The molecule has 0 aliphatic heterocycles. The Morgan fingerprint density at radius 3 is 3.00 bits per heavy atom. The topological polar surface area (TPSA) is 38.9 Å². The highest BCUT2D eigenvalue weighted by molar-refractivity contribution is 6.04. The molecule has 3 aromatic heterocycles. The normalized spacial score (nSPS) is 11.2. The van der Waals surface area contributed by atoms with Gasteiger partial charge in [0, 0.05) is 28.9 Å². The SMILES string of the molecule is Cc1cc2c(cn1)oc1ccncc12. The lowest BCUT2D eigenvalue weighted by atomic mass is 10.2. The van der Waals surface area contributed by atoms with Crippen molar-refractivity contribution in [1.82, 2.24) is 9.97 Å². The van der Waals surface area contributed by atoms with Crippen LogP contribution >= 0.6 is 0 Å². The average Bonchev–Trinajstić information content (AvgIpc) is 2.56. The maximum absolute atomic E-state index is 5.60. The highest BCUT2D eigenvalue weighted by atomic mass is 16.3. The molecule has 0 unspecified atom stereocenters. The largest absolute Gasteiger partial charge is 0.454 e. The van der Waals surface area contributed by atoms with Gasteiger partial charge in [-0.2, -0.15) is 0 Å². The van der Waals surface area contributed by atoms with E-state index in [0.717, 1.165) is 27.6 Å². The zero-order valence-electron chi connectivity index (χ0n) is 7.69. The van der Waals surface area contributed by atoms with Crippen molar-refractivity contribution in [2.45, 2.75) is 6.92 Å². The molecule has 3 aromatic rings. The molecule has 0 aliphatic rings. The first-order valence-electron chi connectivity index (χ1n) is 4.43. The van der Waals surface area contributed by atoms with Crippen molar-refractivity contribution in [1.29, 1.82) is 0 Å². The lowest BCUT2D eigenvalue weighted by molar-refractivity contribution is 0.666. The summed E-state index contributed by atoms with van der Waals surface area (Å²) in [5.41, 5.74) is 2.67. The van der Waals surface area contributed by atoms with E-state index < -0.39 is 0 Å². The van der Waals surface area contributed by atoms with Gasteiger partial charge < -0.3 is 4.42 Å². The maximum Gasteiger partial charge on any atom is 0.153 e. The smallest absolute Gasteiger partial charge is 0.153 e. The molecule has 0 spiro atoms. The molecule has 0 saturated carbocycles. The van der Waals surface area contributed by atoms with Crippen LogP contribution in [0.25, 0.3) is 21.9 Å². The number of nitrogens with zero attached hydrogens (tertiary/aromatic N) is 2. The molecule has 14 heavy (non-hydrogen) atoms. The first kappa shape index (κ1) is 7.50. The summed E-state index contributed by atoms with van der Waals surface area (Å²) in [7, 11) is 0. The summed E-state index contributed by atoms with van der Waals surface area (Å²) in [5.74, 6) is 0. The summed E-state index contributed by atoms with van der Waals surface area (Å²) in [5, 5.41) is 2.13. The Kier molecular flexibility index (Phi) is 1.36. The number of furan rings is 1. The fraction of sp³-hybridized carbons (Fsp3) is 0.0909. The van der Waals surface area contributed by atoms with Crippen molar-refractivity contribution in [2.24, 2.45) is 0 Å². The Balaban J connectivity index is 2.58. The van der Waals surface area contributed by atoms with E-state index in [1.807, 2.05) is 25.3 Å². The van der Waals surface area contributed by atoms with Crippen LogP contribution in [0.2, 0.25) is 0 Å². The van der Waals surface area contributed by atoms with E-state index in [0.29, 0.717) is 0 Å². The predicted molar refractivity (Wildman–Crippen MR) is 54.0 cm³/mol. The second-order valence-electron chi connectivity index (χ2n) is 3.30.